The number of halogens is 2. The molecule has 0 aliphatic rings. The number of anilines is 1. The lowest BCUT2D eigenvalue weighted by molar-refractivity contribution is -0.118. The van der Waals surface area contributed by atoms with Crippen molar-refractivity contribution in [3.63, 3.8) is 0 Å². The van der Waals surface area contributed by atoms with Crippen LogP contribution < -0.4 is 15.4 Å². The summed E-state index contributed by atoms with van der Waals surface area (Å²) >= 11 is 6.06. The van der Waals surface area contributed by atoms with Crippen LogP contribution in [0.4, 0.5) is 10.1 Å². The van der Waals surface area contributed by atoms with Gasteiger partial charge in [-0.3, -0.25) is 9.59 Å². The lowest BCUT2D eigenvalue weighted by atomic mass is 10.1. The highest BCUT2D eigenvalue weighted by Crippen LogP contribution is 2.25. The molecule has 6 nitrogen and oxygen atoms in total. The lowest BCUT2D eigenvalue weighted by Gasteiger charge is -2.11. The van der Waals surface area contributed by atoms with Crippen molar-refractivity contribution in [2.45, 2.75) is 6.54 Å². The number of nitrogens with zero attached hydrogens (tertiary/aromatic N) is 1. The Morgan fingerprint density at radius 3 is 2.52 bits per heavy atom. The fraction of sp³-hybridized carbons (Fsp3) is 0.0800. The summed E-state index contributed by atoms with van der Waals surface area (Å²) in [6, 6.07) is 21.5. The monoisotopic (exact) mass is 463 g/mol. The van der Waals surface area contributed by atoms with Crippen molar-refractivity contribution in [2.24, 2.45) is 0 Å². The maximum Gasteiger partial charge on any atom is 0.262 e. The highest BCUT2D eigenvalue weighted by atomic mass is 35.5. The van der Waals surface area contributed by atoms with Gasteiger partial charge in [0.25, 0.3) is 11.8 Å². The van der Waals surface area contributed by atoms with Gasteiger partial charge in [0.1, 0.15) is 23.2 Å². The second-order valence-corrected chi connectivity index (χ2v) is 7.27. The van der Waals surface area contributed by atoms with Gasteiger partial charge in [0, 0.05) is 17.1 Å². The first-order chi connectivity index (χ1) is 16.0. The molecule has 0 bridgehead atoms. The molecule has 0 fully saturated rings. The van der Waals surface area contributed by atoms with E-state index in [9.17, 15) is 19.2 Å². The van der Waals surface area contributed by atoms with Crippen molar-refractivity contribution in [3.05, 3.63) is 100 Å². The molecule has 0 radical (unpaired) electrons. The Bertz CT molecular complexity index is 1220. The quantitative estimate of drug-likeness (QED) is 0.373. The molecule has 0 saturated heterocycles. The smallest absolute Gasteiger partial charge is 0.262 e. The zero-order chi connectivity index (χ0) is 23.6. The van der Waals surface area contributed by atoms with Gasteiger partial charge in [-0.25, -0.2) is 4.39 Å². The number of amides is 2. The zero-order valence-corrected chi connectivity index (χ0v) is 18.1. The van der Waals surface area contributed by atoms with Gasteiger partial charge < -0.3 is 15.4 Å². The van der Waals surface area contributed by atoms with E-state index in [1.807, 2.05) is 36.4 Å². The Labute approximate surface area is 195 Å². The predicted octanol–water partition coefficient (Wildman–Crippen LogP) is 4.72. The van der Waals surface area contributed by atoms with Gasteiger partial charge in [0.2, 0.25) is 0 Å². The number of nitrogens with one attached hydrogen (secondary N) is 2. The molecular formula is C25H19ClFN3O3. The predicted molar refractivity (Wildman–Crippen MR) is 124 cm³/mol. The molecule has 8 heteroatoms. The molecule has 2 amide bonds. The average Bonchev–Trinajstić information content (AvgIpc) is 2.82. The summed E-state index contributed by atoms with van der Waals surface area (Å²) in [4.78, 5) is 24.6. The molecule has 0 aromatic heterocycles. The Morgan fingerprint density at radius 1 is 1.06 bits per heavy atom. The van der Waals surface area contributed by atoms with Crippen molar-refractivity contribution < 1.29 is 18.7 Å². The number of hydrogen-bond donors (Lipinski definition) is 2. The highest BCUT2D eigenvalue weighted by Gasteiger charge is 2.13. The lowest BCUT2D eigenvalue weighted by Crippen LogP contribution is -2.24. The molecule has 0 aliphatic heterocycles. The number of benzene rings is 3. The third kappa shape index (κ3) is 6.92. The molecule has 3 rings (SSSR count). The van der Waals surface area contributed by atoms with Gasteiger partial charge in [-0.05, 0) is 42.0 Å². The Balaban J connectivity index is 1.70. The van der Waals surface area contributed by atoms with E-state index in [1.165, 1.54) is 36.4 Å². The van der Waals surface area contributed by atoms with E-state index in [0.717, 1.165) is 5.56 Å². The standard InChI is InChI=1S/C25H19ClFN3O3/c26-20-10-11-23(33-16-24(31)30-22-9-5-4-8-21(22)27)18(13-20)12-19(14-28)25(32)29-15-17-6-2-1-3-7-17/h1-13H,15-16H2,(H,29,32)(H,30,31)/b19-12+. The Kier molecular flexibility index (Phi) is 8.17. The minimum atomic E-state index is -0.578. The van der Waals surface area contributed by atoms with E-state index < -0.39 is 24.2 Å². The third-order valence-corrected chi connectivity index (χ3v) is 4.67. The SMILES string of the molecule is N#C/C(=C\c1cc(Cl)ccc1OCC(=O)Nc1ccccc1F)C(=O)NCc1ccccc1. The van der Waals surface area contributed by atoms with Crippen molar-refractivity contribution in [2.75, 3.05) is 11.9 Å². The number of carbonyl (C=O) groups excluding carboxylic acids is 2. The van der Waals surface area contributed by atoms with Crippen molar-refractivity contribution in [1.29, 1.82) is 5.26 Å². The van der Waals surface area contributed by atoms with Gasteiger partial charge in [-0.2, -0.15) is 5.26 Å². The molecule has 0 aliphatic carbocycles. The number of carbonyl (C=O) groups is 2. The highest BCUT2D eigenvalue weighted by molar-refractivity contribution is 6.30. The summed E-state index contributed by atoms with van der Waals surface area (Å²) in [5, 5.41) is 14.9. The molecule has 2 N–H and O–H groups in total. The van der Waals surface area contributed by atoms with Crippen LogP contribution in [0.5, 0.6) is 5.75 Å². The van der Waals surface area contributed by atoms with Crippen LogP contribution in [0.15, 0.2) is 78.4 Å². The molecule has 3 aromatic rings. The van der Waals surface area contributed by atoms with Crippen molar-refractivity contribution >= 4 is 35.2 Å². The van der Waals surface area contributed by atoms with E-state index in [-0.39, 0.29) is 23.6 Å². The number of para-hydroxylation sites is 1. The summed E-state index contributed by atoms with van der Waals surface area (Å²) < 4.78 is 19.2. The minimum absolute atomic E-state index is 0.0316. The number of nitriles is 1. The Hall–Kier alpha value is -4.15. The zero-order valence-electron chi connectivity index (χ0n) is 17.3. The molecule has 0 atom stereocenters. The number of hydrogen-bond acceptors (Lipinski definition) is 4. The van der Waals surface area contributed by atoms with E-state index >= 15 is 0 Å². The first kappa shape index (κ1) is 23.5. The van der Waals surface area contributed by atoms with E-state index in [0.29, 0.717) is 10.6 Å². The third-order valence-electron chi connectivity index (χ3n) is 4.44. The fourth-order valence-electron chi connectivity index (χ4n) is 2.83. The summed E-state index contributed by atoms with van der Waals surface area (Å²) in [5.74, 6) is -1.48. The van der Waals surface area contributed by atoms with Crippen LogP contribution in [0.25, 0.3) is 6.08 Å². The van der Waals surface area contributed by atoms with Crippen LogP contribution in [-0.4, -0.2) is 18.4 Å². The second kappa shape index (κ2) is 11.5. The van der Waals surface area contributed by atoms with Crippen LogP contribution in [0.3, 0.4) is 0 Å². The van der Waals surface area contributed by atoms with Crippen LogP contribution in [0, 0.1) is 17.1 Å². The van der Waals surface area contributed by atoms with Gasteiger partial charge in [0.15, 0.2) is 6.61 Å². The van der Waals surface area contributed by atoms with Gasteiger partial charge >= 0.3 is 0 Å². The van der Waals surface area contributed by atoms with Gasteiger partial charge in [-0.1, -0.05) is 54.1 Å². The molecule has 0 unspecified atom stereocenters. The summed E-state index contributed by atoms with van der Waals surface area (Å²) in [7, 11) is 0. The molecule has 33 heavy (non-hydrogen) atoms. The summed E-state index contributed by atoms with van der Waals surface area (Å²) in [6.45, 7) is -0.160. The normalized spacial score (nSPS) is 10.8. The van der Waals surface area contributed by atoms with Crippen molar-refractivity contribution in [1.82, 2.24) is 5.32 Å². The molecule has 3 aromatic carbocycles. The molecule has 0 saturated carbocycles. The van der Waals surface area contributed by atoms with Crippen LogP contribution in [0.1, 0.15) is 11.1 Å². The topological polar surface area (TPSA) is 91.2 Å². The number of rotatable bonds is 8. The van der Waals surface area contributed by atoms with Gasteiger partial charge in [0.05, 0.1) is 5.69 Å². The first-order valence-corrected chi connectivity index (χ1v) is 10.2. The van der Waals surface area contributed by atoms with E-state index in [2.05, 4.69) is 10.6 Å². The Morgan fingerprint density at radius 2 is 1.79 bits per heavy atom. The van der Waals surface area contributed by atoms with Crippen molar-refractivity contribution in [3.8, 4) is 11.8 Å². The van der Waals surface area contributed by atoms with E-state index in [1.54, 1.807) is 12.1 Å². The van der Waals surface area contributed by atoms with E-state index in [4.69, 9.17) is 16.3 Å². The van der Waals surface area contributed by atoms with Crippen LogP contribution in [0.2, 0.25) is 5.02 Å². The van der Waals surface area contributed by atoms with Crippen LogP contribution in [-0.2, 0) is 16.1 Å². The average molecular weight is 464 g/mol. The largest absolute Gasteiger partial charge is 0.483 e. The molecule has 0 heterocycles. The second-order valence-electron chi connectivity index (χ2n) is 6.84. The fourth-order valence-corrected chi connectivity index (χ4v) is 3.01. The maximum atomic E-state index is 13.7. The molecule has 166 valence electrons. The summed E-state index contributed by atoms with van der Waals surface area (Å²) in [6.07, 6.45) is 1.33. The molecule has 0 spiro atoms. The van der Waals surface area contributed by atoms with Crippen LogP contribution >= 0.6 is 11.6 Å². The summed E-state index contributed by atoms with van der Waals surface area (Å²) in [5.41, 5.74) is 1.10. The first-order valence-electron chi connectivity index (χ1n) is 9.87. The van der Waals surface area contributed by atoms with Gasteiger partial charge in [-0.15, -0.1) is 0 Å². The maximum absolute atomic E-state index is 13.7. The molecular weight excluding hydrogens is 445 g/mol. The minimum Gasteiger partial charge on any atom is -0.483 e. The number of ether oxygens (including phenoxy) is 1.